The van der Waals surface area contributed by atoms with E-state index in [1.54, 1.807) is 0 Å². The molecule has 0 saturated carbocycles. The fourth-order valence-corrected chi connectivity index (χ4v) is 2.25. The average Bonchev–Trinajstić information content (AvgIpc) is 2.53. The predicted molar refractivity (Wildman–Crippen MR) is 90.1 cm³/mol. The third-order valence-corrected chi connectivity index (χ3v) is 3.45. The maximum absolute atomic E-state index is 5.59. The standard InChI is InChI=1S/C19H25NO/c1-3-15-21-19-13-11-18(12-14-19)20-16(2)9-10-17-7-5-4-6-8-17/h4-8,11-14,16,20H,3,9-10,15H2,1-2H3. The van der Waals surface area contributed by atoms with Crippen LogP contribution in [0.1, 0.15) is 32.3 Å². The van der Waals surface area contributed by atoms with Gasteiger partial charge in [0.25, 0.3) is 0 Å². The summed E-state index contributed by atoms with van der Waals surface area (Å²) >= 11 is 0. The molecule has 2 aromatic rings. The zero-order valence-corrected chi connectivity index (χ0v) is 13.0. The van der Waals surface area contributed by atoms with Gasteiger partial charge in [-0.3, -0.25) is 0 Å². The maximum Gasteiger partial charge on any atom is 0.119 e. The summed E-state index contributed by atoms with van der Waals surface area (Å²) in [7, 11) is 0. The average molecular weight is 283 g/mol. The highest BCUT2D eigenvalue weighted by Gasteiger charge is 2.03. The Morgan fingerprint density at radius 1 is 1.00 bits per heavy atom. The zero-order valence-electron chi connectivity index (χ0n) is 13.0. The van der Waals surface area contributed by atoms with Crippen LogP contribution in [0.3, 0.4) is 0 Å². The molecule has 112 valence electrons. The van der Waals surface area contributed by atoms with E-state index in [2.05, 4.69) is 61.6 Å². The molecule has 2 heteroatoms. The third kappa shape index (κ3) is 5.50. The number of ether oxygens (including phenoxy) is 1. The normalized spacial score (nSPS) is 11.9. The van der Waals surface area contributed by atoms with Crippen molar-refractivity contribution < 1.29 is 4.74 Å². The number of hydrogen-bond acceptors (Lipinski definition) is 2. The molecule has 0 aromatic heterocycles. The van der Waals surface area contributed by atoms with Crippen LogP contribution < -0.4 is 10.1 Å². The Labute approximate surface area is 128 Å². The van der Waals surface area contributed by atoms with Crippen molar-refractivity contribution in [1.29, 1.82) is 0 Å². The van der Waals surface area contributed by atoms with E-state index in [1.807, 2.05) is 12.1 Å². The highest BCUT2D eigenvalue weighted by molar-refractivity contribution is 5.47. The molecule has 0 spiro atoms. The molecule has 2 aromatic carbocycles. The van der Waals surface area contributed by atoms with Crippen molar-refractivity contribution in [1.82, 2.24) is 0 Å². The summed E-state index contributed by atoms with van der Waals surface area (Å²) in [5, 5.41) is 3.54. The number of rotatable bonds is 8. The van der Waals surface area contributed by atoms with Crippen LogP contribution in [-0.4, -0.2) is 12.6 Å². The van der Waals surface area contributed by atoms with Gasteiger partial charge >= 0.3 is 0 Å². The van der Waals surface area contributed by atoms with Crippen LogP contribution in [0.4, 0.5) is 5.69 Å². The van der Waals surface area contributed by atoms with Gasteiger partial charge in [0.1, 0.15) is 5.75 Å². The van der Waals surface area contributed by atoms with Crippen molar-refractivity contribution in [3.05, 3.63) is 60.2 Å². The van der Waals surface area contributed by atoms with Crippen LogP contribution in [0.2, 0.25) is 0 Å². The molecule has 0 saturated heterocycles. The first-order chi connectivity index (χ1) is 10.3. The lowest BCUT2D eigenvalue weighted by Gasteiger charge is -2.15. The van der Waals surface area contributed by atoms with Gasteiger partial charge in [-0.05, 0) is 56.0 Å². The lowest BCUT2D eigenvalue weighted by atomic mass is 10.1. The quantitative estimate of drug-likeness (QED) is 0.743. The monoisotopic (exact) mass is 283 g/mol. The van der Waals surface area contributed by atoms with Gasteiger partial charge in [0.15, 0.2) is 0 Å². The molecule has 0 amide bonds. The summed E-state index contributed by atoms with van der Waals surface area (Å²) in [5.74, 6) is 0.944. The molecule has 1 atom stereocenters. The molecule has 0 heterocycles. The summed E-state index contributed by atoms with van der Waals surface area (Å²) in [6.45, 7) is 5.12. The number of benzene rings is 2. The minimum atomic E-state index is 0.451. The Hall–Kier alpha value is -1.96. The predicted octanol–water partition coefficient (Wildman–Crippen LogP) is 4.91. The minimum absolute atomic E-state index is 0.451. The number of nitrogens with one attached hydrogen (secondary N) is 1. The van der Waals surface area contributed by atoms with E-state index in [0.717, 1.165) is 37.3 Å². The Bertz CT molecular complexity index is 507. The molecular formula is C19H25NO. The van der Waals surface area contributed by atoms with Crippen molar-refractivity contribution in [2.24, 2.45) is 0 Å². The molecule has 0 aliphatic carbocycles. The van der Waals surface area contributed by atoms with Crippen LogP contribution in [0, 0.1) is 0 Å². The molecule has 0 fully saturated rings. The fourth-order valence-electron chi connectivity index (χ4n) is 2.25. The van der Waals surface area contributed by atoms with Crippen LogP contribution in [0.25, 0.3) is 0 Å². The summed E-state index contributed by atoms with van der Waals surface area (Å²) in [4.78, 5) is 0. The van der Waals surface area contributed by atoms with Gasteiger partial charge in [-0.15, -0.1) is 0 Å². The highest BCUT2D eigenvalue weighted by Crippen LogP contribution is 2.17. The first-order valence-electron chi connectivity index (χ1n) is 7.81. The van der Waals surface area contributed by atoms with E-state index >= 15 is 0 Å². The van der Waals surface area contributed by atoms with Gasteiger partial charge in [-0.25, -0.2) is 0 Å². The van der Waals surface area contributed by atoms with E-state index in [-0.39, 0.29) is 0 Å². The largest absolute Gasteiger partial charge is 0.494 e. The topological polar surface area (TPSA) is 21.3 Å². The number of hydrogen-bond donors (Lipinski definition) is 1. The molecule has 2 rings (SSSR count). The minimum Gasteiger partial charge on any atom is -0.494 e. The van der Waals surface area contributed by atoms with E-state index < -0.39 is 0 Å². The lowest BCUT2D eigenvalue weighted by Crippen LogP contribution is -2.15. The van der Waals surface area contributed by atoms with Gasteiger partial charge < -0.3 is 10.1 Å². The Kier molecular flexibility index (Phi) is 6.14. The summed E-state index contributed by atoms with van der Waals surface area (Å²) in [5.41, 5.74) is 2.55. The van der Waals surface area contributed by atoms with Gasteiger partial charge in [-0.1, -0.05) is 37.3 Å². The van der Waals surface area contributed by atoms with Gasteiger partial charge in [0, 0.05) is 11.7 Å². The van der Waals surface area contributed by atoms with Crippen LogP contribution in [0.15, 0.2) is 54.6 Å². The number of aryl methyl sites for hydroxylation is 1. The van der Waals surface area contributed by atoms with Crippen molar-refractivity contribution >= 4 is 5.69 Å². The van der Waals surface area contributed by atoms with Crippen molar-refractivity contribution in [2.45, 2.75) is 39.2 Å². The second-order valence-electron chi connectivity index (χ2n) is 5.44. The number of anilines is 1. The van der Waals surface area contributed by atoms with E-state index in [0.29, 0.717) is 6.04 Å². The molecule has 0 radical (unpaired) electrons. The lowest BCUT2D eigenvalue weighted by molar-refractivity contribution is 0.317. The van der Waals surface area contributed by atoms with Crippen LogP contribution >= 0.6 is 0 Å². The van der Waals surface area contributed by atoms with E-state index in [9.17, 15) is 0 Å². The molecule has 0 bridgehead atoms. The second-order valence-corrected chi connectivity index (χ2v) is 5.44. The van der Waals surface area contributed by atoms with Gasteiger partial charge in [-0.2, -0.15) is 0 Å². The Morgan fingerprint density at radius 2 is 1.71 bits per heavy atom. The smallest absolute Gasteiger partial charge is 0.119 e. The van der Waals surface area contributed by atoms with Gasteiger partial charge in [0.05, 0.1) is 6.61 Å². The molecule has 0 aliphatic heterocycles. The van der Waals surface area contributed by atoms with Crippen molar-refractivity contribution in [3.8, 4) is 5.75 Å². The van der Waals surface area contributed by atoms with Crippen LogP contribution in [-0.2, 0) is 6.42 Å². The van der Waals surface area contributed by atoms with E-state index in [4.69, 9.17) is 4.74 Å². The van der Waals surface area contributed by atoms with Crippen molar-refractivity contribution in [2.75, 3.05) is 11.9 Å². The first-order valence-corrected chi connectivity index (χ1v) is 7.81. The maximum atomic E-state index is 5.59. The Morgan fingerprint density at radius 3 is 2.38 bits per heavy atom. The first kappa shape index (κ1) is 15.4. The molecule has 2 nitrogen and oxygen atoms in total. The third-order valence-electron chi connectivity index (χ3n) is 3.45. The fraction of sp³-hybridized carbons (Fsp3) is 0.368. The second kappa shape index (κ2) is 8.35. The molecule has 1 unspecified atom stereocenters. The van der Waals surface area contributed by atoms with E-state index in [1.165, 1.54) is 5.56 Å². The zero-order chi connectivity index (χ0) is 14.9. The Balaban J connectivity index is 1.78. The molecular weight excluding hydrogens is 258 g/mol. The summed E-state index contributed by atoms with van der Waals surface area (Å²) < 4.78 is 5.59. The van der Waals surface area contributed by atoms with Crippen molar-refractivity contribution in [3.63, 3.8) is 0 Å². The summed E-state index contributed by atoms with van der Waals surface area (Å²) in [6.07, 6.45) is 3.27. The summed E-state index contributed by atoms with van der Waals surface area (Å²) in [6, 6.07) is 19.3. The van der Waals surface area contributed by atoms with Gasteiger partial charge in [0.2, 0.25) is 0 Å². The molecule has 1 N–H and O–H groups in total. The van der Waals surface area contributed by atoms with Crippen LogP contribution in [0.5, 0.6) is 5.75 Å². The SMILES string of the molecule is CCCOc1ccc(NC(C)CCc2ccccc2)cc1. The molecule has 0 aliphatic rings. The molecule has 21 heavy (non-hydrogen) atoms. The highest BCUT2D eigenvalue weighted by atomic mass is 16.5.